The number of aromatic amines is 1. The first-order valence-electron chi connectivity index (χ1n) is 8.20. The van der Waals surface area contributed by atoms with Gasteiger partial charge in [0, 0.05) is 17.3 Å². The monoisotopic (exact) mass is 300 g/mol. The number of aromatic nitrogens is 1. The van der Waals surface area contributed by atoms with Crippen LogP contribution in [0.4, 0.5) is 0 Å². The van der Waals surface area contributed by atoms with Crippen molar-refractivity contribution in [2.24, 2.45) is 11.1 Å². The summed E-state index contributed by atoms with van der Waals surface area (Å²) >= 11 is 0. The number of para-hydroxylation sites is 1. The summed E-state index contributed by atoms with van der Waals surface area (Å²) < 4.78 is 6.23. The maximum Gasteiger partial charge on any atom is 0.112 e. The third-order valence-corrected chi connectivity index (χ3v) is 5.05. The molecule has 0 saturated carbocycles. The van der Waals surface area contributed by atoms with E-state index in [0.29, 0.717) is 13.0 Å². The van der Waals surface area contributed by atoms with Crippen molar-refractivity contribution >= 4 is 10.9 Å². The molecular formula is C18H24N2O2. The summed E-state index contributed by atoms with van der Waals surface area (Å²) in [5.74, 6) is 0.284. The highest BCUT2D eigenvalue weighted by Crippen LogP contribution is 2.44. The molecule has 22 heavy (non-hydrogen) atoms. The molecule has 0 spiro atoms. The minimum Gasteiger partial charge on any atom is -0.368 e. The van der Waals surface area contributed by atoms with Crippen LogP contribution < -0.4 is 0 Å². The minimum absolute atomic E-state index is 0.284. The zero-order chi connectivity index (χ0) is 15.7. The topological polar surface area (TPSA) is 54.5 Å². The van der Waals surface area contributed by atoms with Crippen LogP contribution in [0.2, 0.25) is 0 Å². The second kappa shape index (κ2) is 5.84. The molecule has 2 heterocycles. The number of aryl methyl sites for hydroxylation is 1. The van der Waals surface area contributed by atoms with E-state index in [1.54, 1.807) is 0 Å². The van der Waals surface area contributed by atoms with Gasteiger partial charge in [-0.1, -0.05) is 44.1 Å². The van der Waals surface area contributed by atoms with Crippen LogP contribution in [-0.4, -0.2) is 18.1 Å². The van der Waals surface area contributed by atoms with Gasteiger partial charge in [0.15, 0.2) is 0 Å². The molecule has 1 N–H and O–H groups in total. The Hall–Kier alpha value is -1.68. The normalized spacial score (nSPS) is 21.3. The van der Waals surface area contributed by atoms with Gasteiger partial charge in [0.2, 0.25) is 0 Å². The maximum absolute atomic E-state index is 10.7. The van der Waals surface area contributed by atoms with Crippen molar-refractivity contribution in [1.82, 2.24) is 4.98 Å². The summed E-state index contributed by atoms with van der Waals surface area (Å²) in [5.41, 5.74) is 4.65. The predicted molar refractivity (Wildman–Crippen MR) is 89.1 cm³/mol. The molecule has 3 rings (SSSR count). The van der Waals surface area contributed by atoms with Crippen molar-refractivity contribution < 1.29 is 4.74 Å². The summed E-state index contributed by atoms with van der Waals surface area (Å²) in [7, 11) is 0. The van der Waals surface area contributed by atoms with E-state index in [4.69, 9.17) is 4.74 Å². The van der Waals surface area contributed by atoms with Crippen molar-refractivity contribution in [3.05, 3.63) is 39.9 Å². The van der Waals surface area contributed by atoms with E-state index in [1.807, 2.05) is 0 Å². The van der Waals surface area contributed by atoms with Crippen LogP contribution >= 0.6 is 0 Å². The van der Waals surface area contributed by atoms with Gasteiger partial charge in [-0.15, -0.1) is 0 Å². The van der Waals surface area contributed by atoms with Crippen LogP contribution in [0.15, 0.2) is 23.4 Å². The number of rotatable bonds is 5. The molecule has 0 fully saturated rings. The Labute approximate surface area is 131 Å². The van der Waals surface area contributed by atoms with Gasteiger partial charge in [-0.05, 0) is 29.9 Å². The number of ether oxygens (including phenoxy) is 1. The van der Waals surface area contributed by atoms with Crippen molar-refractivity contribution in [3.8, 4) is 0 Å². The summed E-state index contributed by atoms with van der Waals surface area (Å²) in [6, 6.07) is 6.50. The molecule has 1 atom stereocenters. The zero-order valence-corrected chi connectivity index (χ0v) is 13.6. The average molecular weight is 300 g/mol. The van der Waals surface area contributed by atoms with Crippen molar-refractivity contribution in [2.45, 2.75) is 45.6 Å². The van der Waals surface area contributed by atoms with Crippen LogP contribution in [0.25, 0.3) is 10.9 Å². The van der Waals surface area contributed by atoms with Crippen LogP contribution in [0, 0.1) is 10.8 Å². The fourth-order valence-electron chi connectivity index (χ4n) is 3.81. The lowest BCUT2D eigenvalue weighted by molar-refractivity contribution is -0.1000. The zero-order valence-electron chi connectivity index (χ0n) is 13.6. The van der Waals surface area contributed by atoms with Crippen molar-refractivity contribution in [1.29, 1.82) is 0 Å². The molecular weight excluding hydrogens is 276 g/mol. The van der Waals surface area contributed by atoms with Gasteiger partial charge in [-0.25, -0.2) is 0 Å². The molecule has 0 amide bonds. The quantitative estimate of drug-likeness (QED) is 0.836. The molecule has 1 aromatic heterocycles. The lowest BCUT2D eigenvalue weighted by Gasteiger charge is -2.40. The lowest BCUT2D eigenvalue weighted by atomic mass is 9.80. The van der Waals surface area contributed by atoms with Gasteiger partial charge in [0.1, 0.15) is 5.60 Å². The van der Waals surface area contributed by atoms with Gasteiger partial charge >= 0.3 is 0 Å². The van der Waals surface area contributed by atoms with Gasteiger partial charge in [-0.2, -0.15) is 4.91 Å². The van der Waals surface area contributed by atoms with E-state index in [1.165, 1.54) is 22.0 Å². The Morgan fingerprint density at radius 2 is 2.23 bits per heavy atom. The smallest absolute Gasteiger partial charge is 0.112 e. The molecule has 0 radical (unpaired) electrons. The predicted octanol–water partition coefficient (Wildman–Crippen LogP) is 4.31. The van der Waals surface area contributed by atoms with E-state index >= 15 is 0 Å². The van der Waals surface area contributed by atoms with E-state index in [2.05, 4.69) is 49.1 Å². The molecule has 4 heteroatoms. The van der Waals surface area contributed by atoms with Crippen LogP contribution in [0.3, 0.4) is 0 Å². The third-order valence-electron chi connectivity index (χ3n) is 5.05. The molecule has 1 aliphatic rings. The van der Waals surface area contributed by atoms with Crippen LogP contribution in [0.1, 0.15) is 44.0 Å². The Kier molecular flexibility index (Phi) is 4.04. The molecule has 1 aliphatic heterocycles. The van der Waals surface area contributed by atoms with E-state index in [0.717, 1.165) is 18.5 Å². The number of hydrogen-bond donors (Lipinski definition) is 1. The largest absolute Gasteiger partial charge is 0.368 e. The summed E-state index contributed by atoms with van der Waals surface area (Å²) in [6.07, 6.45) is 2.56. The number of nitrogens with zero attached hydrogens (tertiary/aromatic N) is 1. The molecule has 1 aromatic carbocycles. The molecule has 0 aliphatic carbocycles. The van der Waals surface area contributed by atoms with Gasteiger partial charge in [-0.3, -0.25) is 0 Å². The highest BCUT2D eigenvalue weighted by Gasteiger charge is 2.42. The molecule has 0 bridgehead atoms. The summed E-state index contributed by atoms with van der Waals surface area (Å²) in [4.78, 5) is 14.3. The van der Waals surface area contributed by atoms with E-state index in [-0.39, 0.29) is 12.5 Å². The molecule has 2 aromatic rings. The average Bonchev–Trinajstić information content (AvgIpc) is 2.92. The second-order valence-corrected chi connectivity index (χ2v) is 6.42. The Morgan fingerprint density at radius 3 is 2.91 bits per heavy atom. The number of H-pyrrole nitrogens is 1. The first kappa shape index (κ1) is 15.2. The number of benzene rings is 1. The summed E-state index contributed by atoms with van der Waals surface area (Å²) in [5, 5.41) is 4.38. The fourth-order valence-corrected chi connectivity index (χ4v) is 3.81. The van der Waals surface area contributed by atoms with Crippen LogP contribution in [-0.2, 0) is 23.2 Å². The number of nitrogens with one attached hydrogen (secondary N) is 1. The summed E-state index contributed by atoms with van der Waals surface area (Å²) in [6.45, 7) is 7.48. The van der Waals surface area contributed by atoms with Crippen LogP contribution in [0.5, 0.6) is 0 Å². The first-order valence-corrected chi connectivity index (χ1v) is 8.20. The van der Waals surface area contributed by atoms with Gasteiger partial charge < -0.3 is 9.72 Å². The Bertz CT molecular complexity index is 690. The van der Waals surface area contributed by atoms with Gasteiger partial charge in [0.05, 0.1) is 18.8 Å². The number of fused-ring (bicyclic) bond motifs is 3. The highest BCUT2D eigenvalue weighted by molar-refractivity contribution is 5.88. The lowest BCUT2D eigenvalue weighted by Crippen LogP contribution is -2.41. The Morgan fingerprint density at radius 1 is 1.41 bits per heavy atom. The fraction of sp³-hybridized carbons (Fsp3) is 0.556. The van der Waals surface area contributed by atoms with Crippen molar-refractivity contribution in [3.63, 3.8) is 0 Å². The maximum atomic E-state index is 10.7. The molecule has 118 valence electrons. The van der Waals surface area contributed by atoms with E-state index in [9.17, 15) is 4.91 Å². The minimum atomic E-state index is -0.425. The second-order valence-electron chi connectivity index (χ2n) is 6.42. The first-order chi connectivity index (χ1) is 10.6. The molecule has 0 saturated heterocycles. The SMILES string of the molecule is CCc1cccc2c3c([nH]c12)C(CCN=O)(C(C)C)OCC3. The van der Waals surface area contributed by atoms with E-state index < -0.39 is 5.60 Å². The van der Waals surface area contributed by atoms with Crippen molar-refractivity contribution in [2.75, 3.05) is 13.2 Å². The van der Waals surface area contributed by atoms with Gasteiger partial charge in [0.25, 0.3) is 0 Å². The Balaban J connectivity index is 2.22. The molecule has 1 unspecified atom stereocenters. The third kappa shape index (κ3) is 2.17. The molecule has 4 nitrogen and oxygen atoms in total. The standard InChI is InChI=1S/C18H24N2O2/c1-4-13-6-5-7-14-15-8-11-22-18(12(2)3,9-10-19-21)17(15)20-16(13)14/h5-7,12,20H,4,8-11H2,1-3H3. The number of nitroso groups, excluding NO2 is 1. The number of hydrogen-bond acceptors (Lipinski definition) is 3. The highest BCUT2D eigenvalue weighted by atomic mass is 16.5.